The zero-order chi connectivity index (χ0) is 12.6. The van der Waals surface area contributed by atoms with Gasteiger partial charge in [0.05, 0.1) is 12.3 Å². The second-order valence-corrected chi connectivity index (χ2v) is 3.98. The van der Waals surface area contributed by atoms with Crippen LogP contribution < -0.4 is 10.5 Å². The smallest absolute Gasteiger partial charge is 0.213 e. The lowest BCUT2D eigenvalue weighted by Crippen LogP contribution is -2.04. The fourth-order valence-electron chi connectivity index (χ4n) is 1.65. The molecule has 2 aromatic rings. The molecule has 0 radical (unpaired) electrons. The molecule has 0 saturated carbocycles. The van der Waals surface area contributed by atoms with Crippen molar-refractivity contribution in [2.75, 3.05) is 6.61 Å². The van der Waals surface area contributed by atoms with E-state index in [0.717, 1.165) is 18.5 Å². The Balaban J connectivity index is 1.75. The van der Waals surface area contributed by atoms with Crippen LogP contribution in [0, 0.1) is 0 Å². The number of nitrogens with two attached hydrogens (primary N) is 1. The maximum absolute atomic E-state index is 5.59. The molecule has 0 aliphatic carbocycles. The molecule has 4 heteroatoms. The summed E-state index contributed by atoms with van der Waals surface area (Å²) in [6.07, 6.45) is 5.56. The molecule has 2 aromatic heterocycles. The first-order valence-corrected chi connectivity index (χ1v) is 6.06. The lowest BCUT2D eigenvalue weighted by Gasteiger charge is -2.06. The Morgan fingerprint density at radius 3 is 2.72 bits per heavy atom. The Morgan fingerprint density at radius 2 is 1.94 bits per heavy atom. The average Bonchev–Trinajstić information content (AvgIpc) is 2.45. The normalized spacial score (nSPS) is 10.3. The van der Waals surface area contributed by atoms with Crippen LogP contribution >= 0.6 is 0 Å². The number of rotatable bonds is 6. The van der Waals surface area contributed by atoms with Crippen molar-refractivity contribution < 1.29 is 4.74 Å². The molecule has 18 heavy (non-hydrogen) atoms. The van der Waals surface area contributed by atoms with Crippen LogP contribution in [-0.4, -0.2) is 16.6 Å². The molecule has 0 saturated heterocycles. The maximum Gasteiger partial charge on any atom is 0.213 e. The van der Waals surface area contributed by atoms with Crippen LogP contribution in [0.2, 0.25) is 0 Å². The van der Waals surface area contributed by atoms with Crippen molar-refractivity contribution >= 4 is 0 Å². The van der Waals surface area contributed by atoms with Gasteiger partial charge in [-0.15, -0.1) is 0 Å². The van der Waals surface area contributed by atoms with Crippen molar-refractivity contribution in [1.82, 2.24) is 9.97 Å². The Kier molecular flexibility index (Phi) is 4.67. The van der Waals surface area contributed by atoms with Crippen molar-refractivity contribution in [1.29, 1.82) is 0 Å². The largest absolute Gasteiger partial charge is 0.478 e. The van der Waals surface area contributed by atoms with Crippen LogP contribution in [-0.2, 0) is 13.0 Å². The molecule has 0 amide bonds. The van der Waals surface area contributed by atoms with E-state index in [1.165, 1.54) is 5.56 Å². The molecule has 0 unspecified atom stereocenters. The van der Waals surface area contributed by atoms with Gasteiger partial charge in [-0.1, -0.05) is 6.07 Å². The van der Waals surface area contributed by atoms with E-state index < -0.39 is 0 Å². The van der Waals surface area contributed by atoms with Gasteiger partial charge in [0, 0.05) is 25.0 Å². The van der Waals surface area contributed by atoms with E-state index in [-0.39, 0.29) is 0 Å². The van der Waals surface area contributed by atoms with Crippen molar-refractivity contribution in [3.05, 3.63) is 54.0 Å². The summed E-state index contributed by atoms with van der Waals surface area (Å²) >= 11 is 0. The minimum atomic E-state index is 0.439. The third kappa shape index (κ3) is 3.82. The summed E-state index contributed by atoms with van der Waals surface area (Å²) in [5.41, 5.74) is 7.65. The molecule has 0 aromatic carbocycles. The number of aromatic nitrogens is 2. The van der Waals surface area contributed by atoms with Crippen LogP contribution in [0.5, 0.6) is 5.88 Å². The molecule has 0 atom stereocenters. The van der Waals surface area contributed by atoms with Crippen molar-refractivity contribution in [3.63, 3.8) is 0 Å². The highest BCUT2D eigenvalue weighted by Gasteiger charge is 1.98. The summed E-state index contributed by atoms with van der Waals surface area (Å²) in [4.78, 5) is 8.27. The second-order valence-electron chi connectivity index (χ2n) is 3.98. The van der Waals surface area contributed by atoms with Crippen LogP contribution in [0.25, 0.3) is 0 Å². The molecular weight excluding hydrogens is 226 g/mol. The van der Waals surface area contributed by atoms with Crippen LogP contribution in [0.4, 0.5) is 0 Å². The van der Waals surface area contributed by atoms with Gasteiger partial charge in [-0.2, -0.15) is 0 Å². The number of hydrogen-bond acceptors (Lipinski definition) is 4. The van der Waals surface area contributed by atoms with Gasteiger partial charge in [0.15, 0.2) is 0 Å². The molecule has 2 heterocycles. The standard InChI is InChI=1S/C14H17N3O/c15-11-13-4-1-5-14(17-13)18-10-2-3-12-6-8-16-9-7-12/h1,4-9H,2-3,10-11,15H2. The molecule has 0 aliphatic heterocycles. The summed E-state index contributed by atoms with van der Waals surface area (Å²) in [7, 11) is 0. The van der Waals surface area contributed by atoms with Gasteiger partial charge in [-0.25, -0.2) is 4.98 Å². The predicted molar refractivity (Wildman–Crippen MR) is 70.2 cm³/mol. The number of nitrogens with zero attached hydrogens (tertiary/aromatic N) is 2. The zero-order valence-corrected chi connectivity index (χ0v) is 10.2. The molecule has 2 N–H and O–H groups in total. The van der Waals surface area contributed by atoms with Crippen molar-refractivity contribution in [2.24, 2.45) is 5.73 Å². The SMILES string of the molecule is NCc1cccc(OCCCc2ccncc2)n1. The van der Waals surface area contributed by atoms with E-state index in [2.05, 4.69) is 9.97 Å². The van der Waals surface area contributed by atoms with E-state index in [1.807, 2.05) is 42.7 Å². The monoisotopic (exact) mass is 243 g/mol. The number of ether oxygens (including phenoxy) is 1. The third-order valence-corrected chi connectivity index (χ3v) is 2.60. The molecule has 0 spiro atoms. The number of hydrogen-bond donors (Lipinski definition) is 1. The molecule has 4 nitrogen and oxygen atoms in total. The van der Waals surface area contributed by atoms with Gasteiger partial charge in [-0.3, -0.25) is 4.98 Å². The van der Waals surface area contributed by atoms with Crippen LogP contribution in [0.3, 0.4) is 0 Å². The molecule has 0 fully saturated rings. The second kappa shape index (κ2) is 6.71. The van der Waals surface area contributed by atoms with Crippen molar-refractivity contribution in [2.45, 2.75) is 19.4 Å². The Labute approximate surface area is 107 Å². The van der Waals surface area contributed by atoms with E-state index in [0.29, 0.717) is 19.0 Å². The quantitative estimate of drug-likeness (QED) is 0.788. The van der Waals surface area contributed by atoms with Crippen LogP contribution in [0.1, 0.15) is 17.7 Å². The first-order chi connectivity index (χ1) is 8.88. The molecule has 0 aliphatic rings. The lowest BCUT2D eigenvalue weighted by molar-refractivity contribution is 0.298. The van der Waals surface area contributed by atoms with Crippen LogP contribution in [0.15, 0.2) is 42.7 Å². The van der Waals surface area contributed by atoms with E-state index in [4.69, 9.17) is 10.5 Å². The van der Waals surface area contributed by atoms with E-state index in [1.54, 1.807) is 0 Å². The van der Waals surface area contributed by atoms with Gasteiger partial charge in [0.25, 0.3) is 0 Å². The van der Waals surface area contributed by atoms with Gasteiger partial charge in [-0.05, 0) is 36.6 Å². The van der Waals surface area contributed by atoms with Gasteiger partial charge >= 0.3 is 0 Å². The number of aryl methyl sites for hydroxylation is 1. The van der Waals surface area contributed by atoms with Gasteiger partial charge in [0.2, 0.25) is 5.88 Å². The maximum atomic E-state index is 5.59. The minimum Gasteiger partial charge on any atom is -0.478 e. The number of pyridine rings is 2. The fraction of sp³-hybridized carbons (Fsp3) is 0.286. The summed E-state index contributed by atoms with van der Waals surface area (Å²) in [6, 6.07) is 9.70. The molecule has 0 bridgehead atoms. The third-order valence-electron chi connectivity index (χ3n) is 2.60. The van der Waals surface area contributed by atoms with E-state index >= 15 is 0 Å². The zero-order valence-electron chi connectivity index (χ0n) is 10.2. The Hall–Kier alpha value is -1.94. The topological polar surface area (TPSA) is 61.0 Å². The first kappa shape index (κ1) is 12.5. The average molecular weight is 243 g/mol. The highest BCUT2D eigenvalue weighted by atomic mass is 16.5. The highest BCUT2D eigenvalue weighted by molar-refractivity contribution is 5.15. The highest BCUT2D eigenvalue weighted by Crippen LogP contribution is 2.08. The van der Waals surface area contributed by atoms with Gasteiger partial charge in [0.1, 0.15) is 0 Å². The predicted octanol–water partition coefficient (Wildman–Crippen LogP) is 1.95. The summed E-state index contributed by atoms with van der Waals surface area (Å²) in [5.74, 6) is 0.646. The Morgan fingerprint density at radius 1 is 1.11 bits per heavy atom. The Bertz CT molecular complexity index is 473. The van der Waals surface area contributed by atoms with Crippen molar-refractivity contribution in [3.8, 4) is 5.88 Å². The molecule has 94 valence electrons. The van der Waals surface area contributed by atoms with Gasteiger partial charge < -0.3 is 10.5 Å². The fourth-order valence-corrected chi connectivity index (χ4v) is 1.65. The summed E-state index contributed by atoms with van der Waals surface area (Å²) < 4.78 is 5.59. The lowest BCUT2D eigenvalue weighted by atomic mass is 10.1. The molecular formula is C14H17N3O. The summed E-state index contributed by atoms with van der Waals surface area (Å²) in [6.45, 7) is 1.09. The van der Waals surface area contributed by atoms with E-state index in [9.17, 15) is 0 Å². The summed E-state index contributed by atoms with van der Waals surface area (Å²) in [5, 5.41) is 0. The minimum absolute atomic E-state index is 0.439. The molecule has 2 rings (SSSR count). The first-order valence-electron chi connectivity index (χ1n) is 6.06.